The number of carbonyl (C=O) groups is 2. The van der Waals surface area contributed by atoms with Gasteiger partial charge in [-0.3, -0.25) is 14.5 Å². The largest absolute Gasteiger partial charge is 0.326 e. The lowest BCUT2D eigenvalue weighted by molar-refractivity contribution is -0.122. The second-order valence-corrected chi connectivity index (χ2v) is 8.83. The molecule has 6 heteroatoms. The van der Waals surface area contributed by atoms with Crippen molar-refractivity contribution in [1.29, 1.82) is 0 Å². The van der Waals surface area contributed by atoms with Gasteiger partial charge in [-0.15, -0.1) is 0 Å². The molecule has 1 N–H and O–H groups in total. The number of carbonyl (C=O) groups excluding carboxylic acids is 2. The Balaban J connectivity index is 1.52. The number of anilines is 1. The van der Waals surface area contributed by atoms with E-state index < -0.39 is 0 Å². The molecule has 0 radical (unpaired) electrons. The zero-order valence-electron chi connectivity index (χ0n) is 17.1. The first-order valence-electron chi connectivity index (χ1n) is 9.77. The van der Waals surface area contributed by atoms with Crippen LogP contribution in [0.4, 0.5) is 5.69 Å². The molecule has 0 bridgehead atoms. The average Bonchev–Trinajstić information content (AvgIpc) is 2.97. The fourth-order valence-corrected chi connectivity index (χ4v) is 4.37. The fraction of sp³-hybridized carbons (Fsp3) is 0.208. The number of aryl methyl sites for hydroxylation is 1. The fourth-order valence-electron chi connectivity index (χ4n) is 3.01. The summed E-state index contributed by atoms with van der Waals surface area (Å²) in [6.07, 6.45) is 4.78. The number of thiocarbonyl (C=S) groups is 1. The number of nitrogens with one attached hydrogen (secondary N) is 1. The number of benzene rings is 2. The summed E-state index contributed by atoms with van der Waals surface area (Å²) in [5.74, 6) is -0.161. The maximum absolute atomic E-state index is 12.7. The van der Waals surface area contributed by atoms with Crippen LogP contribution < -0.4 is 5.32 Å². The van der Waals surface area contributed by atoms with Crippen molar-refractivity contribution in [3.05, 3.63) is 82.3 Å². The minimum atomic E-state index is -0.0928. The Kier molecular flexibility index (Phi) is 7.60. The SMILES string of the molecule is CC(/C=C1\SC(=S)N(CCCC(=O)Nc2ccc(C)cc2)C1=O)=C\c1ccccc1. The Morgan fingerprint density at radius 1 is 1.13 bits per heavy atom. The van der Waals surface area contributed by atoms with Crippen LogP contribution in [0.15, 0.2) is 71.2 Å². The first-order chi connectivity index (χ1) is 14.4. The lowest BCUT2D eigenvalue weighted by Gasteiger charge is -2.14. The Morgan fingerprint density at radius 3 is 2.53 bits per heavy atom. The molecule has 0 aliphatic carbocycles. The van der Waals surface area contributed by atoms with Crippen molar-refractivity contribution in [2.75, 3.05) is 11.9 Å². The van der Waals surface area contributed by atoms with Gasteiger partial charge in [-0.05, 0) is 49.6 Å². The topological polar surface area (TPSA) is 49.4 Å². The highest BCUT2D eigenvalue weighted by atomic mass is 32.2. The molecular formula is C24H24N2O2S2. The molecule has 1 saturated heterocycles. The summed E-state index contributed by atoms with van der Waals surface area (Å²) in [6, 6.07) is 17.6. The van der Waals surface area contributed by atoms with Gasteiger partial charge in [0.1, 0.15) is 4.32 Å². The van der Waals surface area contributed by atoms with Gasteiger partial charge in [-0.2, -0.15) is 0 Å². The maximum Gasteiger partial charge on any atom is 0.266 e. The van der Waals surface area contributed by atoms with Crippen LogP contribution in [0.3, 0.4) is 0 Å². The van der Waals surface area contributed by atoms with Gasteiger partial charge in [0.05, 0.1) is 4.91 Å². The minimum absolute atomic E-state index is 0.0681. The first-order valence-corrected chi connectivity index (χ1v) is 11.0. The number of allylic oxidation sites excluding steroid dienone is 2. The van der Waals surface area contributed by atoms with E-state index in [4.69, 9.17) is 12.2 Å². The summed E-state index contributed by atoms with van der Waals surface area (Å²) in [4.78, 5) is 27.1. The smallest absolute Gasteiger partial charge is 0.266 e. The lowest BCUT2D eigenvalue weighted by Crippen LogP contribution is -2.29. The van der Waals surface area contributed by atoms with Crippen molar-refractivity contribution in [3.8, 4) is 0 Å². The highest BCUT2D eigenvalue weighted by molar-refractivity contribution is 8.26. The predicted octanol–water partition coefficient (Wildman–Crippen LogP) is 5.56. The summed E-state index contributed by atoms with van der Waals surface area (Å²) in [5.41, 5.74) is 3.99. The molecule has 0 spiro atoms. The van der Waals surface area contributed by atoms with Crippen LogP contribution in [0, 0.1) is 6.92 Å². The van der Waals surface area contributed by atoms with Crippen molar-refractivity contribution < 1.29 is 9.59 Å². The highest BCUT2D eigenvalue weighted by Gasteiger charge is 2.31. The van der Waals surface area contributed by atoms with Gasteiger partial charge in [-0.1, -0.05) is 78.1 Å². The van der Waals surface area contributed by atoms with E-state index in [1.165, 1.54) is 11.8 Å². The van der Waals surface area contributed by atoms with Crippen LogP contribution in [0.25, 0.3) is 6.08 Å². The summed E-state index contributed by atoms with van der Waals surface area (Å²) in [7, 11) is 0. The monoisotopic (exact) mass is 436 g/mol. The quantitative estimate of drug-likeness (QED) is 0.456. The van der Waals surface area contributed by atoms with Gasteiger partial charge in [-0.25, -0.2) is 0 Å². The van der Waals surface area contributed by atoms with Gasteiger partial charge >= 0.3 is 0 Å². The van der Waals surface area contributed by atoms with Gasteiger partial charge in [0.15, 0.2) is 0 Å². The van der Waals surface area contributed by atoms with Crippen LogP contribution in [-0.4, -0.2) is 27.6 Å². The van der Waals surface area contributed by atoms with E-state index in [-0.39, 0.29) is 11.8 Å². The molecule has 2 amide bonds. The molecule has 0 unspecified atom stereocenters. The third kappa shape index (κ3) is 6.15. The second kappa shape index (κ2) is 10.4. The molecule has 1 fully saturated rings. The molecule has 1 heterocycles. The van der Waals surface area contributed by atoms with Crippen molar-refractivity contribution in [2.45, 2.75) is 26.7 Å². The Morgan fingerprint density at radius 2 is 1.83 bits per heavy atom. The van der Waals surface area contributed by atoms with E-state index in [1.54, 1.807) is 4.90 Å². The van der Waals surface area contributed by atoms with E-state index >= 15 is 0 Å². The molecule has 2 aromatic carbocycles. The number of thioether (sulfide) groups is 1. The highest BCUT2D eigenvalue weighted by Crippen LogP contribution is 2.32. The third-order valence-corrected chi connectivity index (χ3v) is 5.92. The summed E-state index contributed by atoms with van der Waals surface area (Å²) < 4.78 is 0.540. The zero-order chi connectivity index (χ0) is 21.5. The Labute approximate surface area is 187 Å². The van der Waals surface area contributed by atoms with Gasteiger partial charge < -0.3 is 5.32 Å². The summed E-state index contributed by atoms with van der Waals surface area (Å²) in [5, 5.41) is 2.88. The number of hydrogen-bond donors (Lipinski definition) is 1. The normalized spacial score (nSPS) is 15.7. The summed E-state index contributed by atoms with van der Waals surface area (Å²) in [6.45, 7) is 4.40. The van der Waals surface area contributed by atoms with Crippen molar-refractivity contribution in [3.63, 3.8) is 0 Å². The van der Waals surface area contributed by atoms with Crippen molar-refractivity contribution >= 4 is 51.9 Å². The average molecular weight is 437 g/mol. The molecule has 0 saturated carbocycles. The number of hydrogen-bond acceptors (Lipinski definition) is 4. The van der Waals surface area contributed by atoms with E-state index in [0.717, 1.165) is 22.4 Å². The maximum atomic E-state index is 12.7. The Bertz CT molecular complexity index is 996. The van der Waals surface area contributed by atoms with Gasteiger partial charge in [0.2, 0.25) is 5.91 Å². The van der Waals surface area contributed by atoms with Gasteiger partial charge in [0, 0.05) is 18.7 Å². The number of nitrogens with zero attached hydrogens (tertiary/aromatic N) is 1. The van der Waals surface area contributed by atoms with E-state index in [1.807, 2.05) is 80.6 Å². The van der Waals surface area contributed by atoms with E-state index in [0.29, 0.717) is 28.6 Å². The molecular weight excluding hydrogens is 412 g/mol. The molecule has 1 aliphatic heterocycles. The van der Waals surface area contributed by atoms with Crippen LogP contribution >= 0.6 is 24.0 Å². The Hall–Kier alpha value is -2.70. The summed E-state index contributed by atoms with van der Waals surface area (Å²) >= 11 is 6.69. The first kappa shape index (κ1) is 22.0. The van der Waals surface area contributed by atoms with Crippen LogP contribution in [0.2, 0.25) is 0 Å². The van der Waals surface area contributed by atoms with Crippen molar-refractivity contribution in [1.82, 2.24) is 4.90 Å². The molecule has 30 heavy (non-hydrogen) atoms. The molecule has 0 atom stereocenters. The van der Waals surface area contributed by atoms with Crippen LogP contribution in [0.5, 0.6) is 0 Å². The van der Waals surface area contributed by atoms with Crippen molar-refractivity contribution in [2.24, 2.45) is 0 Å². The van der Waals surface area contributed by atoms with Crippen LogP contribution in [-0.2, 0) is 9.59 Å². The standard InChI is InChI=1S/C24H24N2O2S2/c1-17-10-12-20(13-11-17)25-22(27)9-6-14-26-23(28)21(30-24(26)29)16-18(2)15-19-7-4-3-5-8-19/h3-5,7-8,10-13,15-16H,6,9,14H2,1-2H3,(H,25,27)/b18-15+,21-16-. The zero-order valence-corrected chi connectivity index (χ0v) is 18.7. The van der Waals surface area contributed by atoms with E-state index in [2.05, 4.69) is 5.32 Å². The lowest BCUT2D eigenvalue weighted by atomic mass is 10.1. The van der Waals surface area contributed by atoms with Crippen LogP contribution in [0.1, 0.15) is 30.9 Å². The molecule has 0 aromatic heterocycles. The predicted molar refractivity (Wildman–Crippen MR) is 129 cm³/mol. The molecule has 2 aromatic rings. The third-order valence-electron chi connectivity index (χ3n) is 4.55. The molecule has 154 valence electrons. The van der Waals surface area contributed by atoms with E-state index in [9.17, 15) is 9.59 Å². The van der Waals surface area contributed by atoms with Gasteiger partial charge in [0.25, 0.3) is 5.91 Å². The minimum Gasteiger partial charge on any atom is -0.326 e. The number of rotatable bonds is 7. The molecule has 3 rings (SSSR count). The molecule has 1 aliphatic rings. The number of amides is 2. The second-order valence-electron chi connectivity index (χ2n) is 7.15. The molecule has 4 nitrogen and oxygen atoms in total.